The number of carbonyl (C=O) groups is 1. The summed E-state index contributed by atoms with van der Waals surface area (Å²) in [7, 11) is -1.95. The highest BCUT2D eigenvalue weighted by Crippen LogP contribution is 2.38. The lowest BCUT2D eigenvalue weighted by atomic mass is 10.2. The fourth-order valence-electron chi connectivity index (χ4n) is 2.03. The molecule has 0 aliphatic heterocycles. The molecule has 138 valence electrons. The van der Waals surface area contributed by atoms with E-state index in [2.05, 4.69) is 4.74 Å². The van der Waals surface area contributed by atoms with Crippen LogP contribution in [0.4, 0.5) is 5.69 Å². The second kappa shape index (κ2) is 7.37. The van der Waals surface area contributed by atoms with Crippen LogP contribution in [-0.4, -0.2) is 33.5 Å². The van der Waals surface area contributed by atoms with Crippen LogP contribution in [0.2, 0.25) is 0 Å². The quantitative estimate of drug-likeness (QED) is 0.452. The average Bonchev–Trinajstić information content (AvgIpc) is 2.60. The third kappa shape index (κ3) is 4.07. The van der Waals surface area contributed by atoms with Gasteiger partial charge in [0.2, 0.25) is 15.8 Å². The zero-order chi connectivity index (χ0) is 19.5. The predicted octanol–water partition coefficient (Wildman–Crippen LogP) is 1.83. The number of hydrogen-bond donors (Lipinski definition) is 1. The third-order valence-electron chi connectivity index (χ3n) is 3.24. The average molecular weight is 382 g/mol. The number of rotatable bonds is 6. The zero-order valence-electron chi connectivity index (χ0n) is 13.7. The van der Waals surface area contributed by atoms with E-state index in [9.17, 15) is 23.3 Å². The maximum absolute atomic E-state index is 11.9. The van der Waals surface area contributed by atoms with E-state index in [0.717, 1.165) is 19.2 Å². The summed E-state index contributed by atoms with van der Waals surface area (Å²) in [6.45, 7) is 0. The summed E-state index contributed by atoms with van der Waals surface area (Å²) in [6.07, 6.45) is 0. The number of carbonyl (C=O) groups excluding carboxylic acids is 1. The minimum Gasteiger partial charge on any atom is -0.497 e. The first-order chi connectivity index (χ1) is 12.2. The van der Waals surface area contributed by atoms with Gasteiger partial charge in [0, 0.05) is 6.07 Å². The van der Waals surface area contributed by atoms with Gasteiger partial charge in [0.05, 0.1) is 24.7 Å². The van der Waals surface area contributed by atoms with Gasteiger partial charge in [-0.05, 0) is 30.3 Å². The first-order valence-electron chi connectivity index (χ1n) is 6.93. The lowest BCUT2D eigenvalue weighted by molar-refractivity contribution is -0.385. The Morgan fingerprint density at radius 1 is 1.12 bits per heavy atom. The van der Waals surface area contributed by atoms with Crippen molar-refractivity contribution in [3.8, 4) is 17.2 Å². The molecule has 26 heavy (non-hydrogen) atoms. The summed E-state index contributed by atoms with van der Waals surface area (Å²) in [5.74, 6) is -0.978. The predicted molar refractivity (Wildman–Crippen MR) is 88.9 cm³/mol. The molecular weight excluding hydrogens is 368 g/mol. The van der Waals surface area contributed by atoms with E-state index in [-0.39, 0.29) is 11.3 Å². The second-order valence-electron chi connectivity index (χ2n) is 4.89. The Balaban J connectivity index is 2.68. The lowest BCUT2D eigenvalue weighted by Gasteiger charge is -2.12. The number of primary sulfonamides is 1. The van der Waals surface area contributed by atoms with Crippen LogP contribution < -0.4 is 14.6 Å². The van der Waals surface area contributed by atoms with Gasteiger partial charge < -0.3 is 14.2 Å². The van der Waals surface area contributed by atoms with Crippen molar-refractivity contribution in [3.63, 3.8) is 0 Å². The van der Waals surface area contributed by atoms with Gasteiger partial charge in [-0.3, -0.25) is 10.1 Å². The maximum Gasteiger partial charge on any atom is 0.338 e. The van der Waals surface area contributed by atoms with E-state index in [1.165, 1.54) is 31.4 Å². The molecule has 0 saturated heterocycles. The molecule has 0 unspecified atom stereocenters. The van der Waals surface area contributed by atoms with Crippen molar-refractivity contribution >= 4 is 21.7 Å². The fraction of sp³-hybridized carbons (Fsp3) is 0.133. The van der Waals surface area contributed by atoms with Crippen molar-refractivity contribution in [2.45, 2.75) is 4.90 Å². The number of esters is 1. The van der Waals surface area contributed by atoms with Gasteiger partial charge in [0.1, 0.15) is 16.4 Å². The molecule has 0 heterocycles. The van der Waals surface area contributed by atoms with E-state index in [1.807, 2.05) is 0 Å². The molecule has 0 saturated carbocycles. The highest BCUT2D eigenvalue weighted by atomic mass is 32.2. The number of hydrogen-bond acceptors (Lipinski definition) is 8. The largest absolute Gasteiger partial charge is 0.497 e. The van der Waals surface area contributed by atoms with Crippen LogP contribution in [0.5, 0.6) is 17.2 Å². The van der Waals surface area contributed by atoms with E-state index in [0.29, 0.717) is 5.75 Å². The number of methoxy groups -OCH3 is 2. The van der Waals surface area contributed by atoms with Crippen molar-refractivity contribution in [3.05, 3.63) is 52.1 Å². The van der Waals surface area contributed by atoms with Crippen molar-refractivity contribution < 1.29 is 32.3 Å². The third-order valence-corrected chi connectivity index (χ3v) is 4.16. The Hall–Kier alpha value is -3.18. The molecule has 2 N–H and O–H groups in total. The monoisotopic (exact) mass is 382 g/mol. The van der Waals surface area contributed by atoms with E-state index >= 15 is 0 Å². The first kappa shape index (κ1) is 19.1. The molecule has 2 aromatic carbocycles. The van der Waals surface area contributed by atoms with Crippen LogP contribution in [0.1, 0.15) is 10.4 Å². The maximum atomic E-state index is 11.9. The van der Waals surface area contributed by atoms with Crippen LogP contribution in [0.25, 0.3) is 0 Å². The van der Waals surface area contributed by atoms with Crippen LogP contribution >= 0.6 is 0 Å². The fourth-order valence-corrected chi connectivity index (χ4v) is 2.73. The normalized spacial score (nSPS) is 10.9. The van der Waals surface area contributed by atoms with Crippen molar-refractivity contribution in [1.82, 2.24) is 0 Å². The summed E-state index contributed by atoms with van der Waals surface area (Å²) in [4.78, 5) is 21.4. The molecular formula is C15H14N2O8S. The molecule has 0 aromatic heterocycles. The van der Waals surface area contributed by atoms with Crippen LogP contribution in [0.3, 0.4) is 0 Å². The Morgan fingerprint density at radius 2 is 1.69 bits per heavy atom. The number of nitrogens with zero attached hydrogens (tertiary/aromatic N) is 1. The molecule has 2 rings (SSSR count). The SMILES string of the molecule is COC(=O)c1cc([N+](=O)[O-])c(Oc2ccc(OC)cc2)c(S(N)(=O)=O)c1. The molecule has 11 heteroatoms. The zero-order valence-corrected chi connectivity index (χ0v) is 14.5. The summed E-state index contributed by atoms with van der Waals surface area (Å²) >= 11 is 0. The molecule has 0 bridgehead atoms. The van der Waals surface area contributed by atoms with Gasteiger partial charge >= 0.3 is 11.7 Å². The van der Waals surface area contributed by atoms with Gasteiger partial charge in [0.15, 0.2) is 0 Å². The van der Waals surface area contributed by atoms with Crippen LogP contribution in [0.15, 0.2) is 41.3 Å². The number of nitrogens with two attached hydrogens (primary N) is 1. The van der Waals surface area contributed by atoms with E-state index in [1.54, 1.807) is 0 Å². The molecule has 0 aliphatic carbocycles. The summed E-state index contributed by atoms with van der Waals surface area (Å²) in [5.41, 5.74) is -1.11. The van der Waals surface area contributed by atoms with Gasteiger partial charge in [-0.2, -0.15) is 0 Å². The highest BCUT2D eigenvalue weighted by molar-refractivity contribution is 7.89. The Kier molecular flexibility index (Phi) is 5.43. The second-order valence-corrected chi connectivity index (χ2v) is 6.42. The smallest absolute Gasteiger partial charge is 0.338 e. The molecule has 2 aromatic rings. The van der Waals surface area contributed by atoms with Crippen molar-refractivity contribution in [1.29, 1.82) is 0 Å². The highest BCUT2D eigenvalue weighted by Gasteiger charge is 2.29. The number of ether oxygens (including phenoxy) is 3. The van der Waals surface area contributed by atoms with Crippen LogP contribution in [-0.2, 0) is 14.8 Å². The molecule has 0 fully saturated rings. The number of sulfonamides is 1. The van der Waals surface area contributed by atoms with Gasteiger partial charge in [-0.1, -0.05) is 0 Å². The summed E-state index contributed by atoms with van der Waals surface area (Å²) in [5, 5.41) is 16.5. The van der Waals surface area contributed by atoms with Crippen molar-refractivity contribution in [2.75, 3.05) is 14.2 Å². The molecule has 0 radical (unpaired) electrons. The number of benzene rings is 2. The lowest BCUT2D eigenvalue weighted by Crippen LogP contribution is -2.16. The van der Waals surface area contributed by atoms with Gasteiger partial charge in [0.25, 0.3) is 0 Å². The van der Waals surface area contributed by atoms with E-state index in [4.69, 9.17) is 14.6 Å². The van der Waals surface area contributed by atoms with Crippen LogP contribution in [0, 0.1) is 10.1 Å². The summed E-state index contributed by atoms with van der Waals surface area (Å²) in [6, 6.07) is 7.57. The minimum absolute atomic E-state index is 0.101. The number of nitro benzene ring substituents is 1. The molecule has 0 spiro atoms. The Bertz CT molecular complexity index is 954. The Morgan fingerprint density at radius 3 is 2.15 bits per heavy atom. The first-order valence-corrected chi connectivity index (χ1v) is 8.47. The Labute approximate surface area is 148 Å². The minimum atomic E-state index is -4.45. The molecule has 0 aliphatic rings. The molecule has 0 amide bonds. The van der Waals surface area contributed by atoms with Gasteiger partial charge in [-0.15, -0.1) is 0 Å². The summed E-state index contributed by atoms with van der Waals surface area (Å²) < 4.78 is 38.6. The molecule has 0 atom stereocenters. The molecule has 10 nitrogen and oxygen atoms in total. The standard InChI is InChI=1S/C15H14N2O8S/c1-23-10-3-5-11(6-4-10)25-14-12(17(19)20)7-9(15(18)24-2)8-13(14)26(16,21)22/h3-8H,1-2H3,(H2,16,21,22). The number of nitro groups is 1. The topological polar surface area (TPSA) is 148 Å². The van der Waals surface area contributed by atoms with E-state index < -0.39 is 37.2 Å². The van der Waals surface area contributed by atoms with Gasteiger partial charge in [-0.25, -0.2) is 18.4 Å². The van der Waals surface area contributed by atoms with Crippen molar-refractivity contribution in [2.24, 2.45) is 5.14 Å².